The molecule has 94 valence electrons. The van der Waals surface area contributed by atoms with Crippen LogP contribution < -0.4 is 11.1 Å². The molecular formula is C13H27N3. The van der Waals surface area contributed by atoms with Gasteiger partial charge in [0.2, 0.25) is 0 Å². The zero-order chi connectivity index (χ0) is 11.8. The molecule has 1 fully saturated rings. The van der Waals surface area contributed by atoms with Crippen molar-refractivity contribution in [1.29, 1.82) is 0 Å². The van der Waals surface area contributed by atoms with Gasteiger partial charge in [-0.25, -0.2) is 0 Å². The van der Waals surface area contributed by atoms with Crippen molar-refractivity contribution in [1.82, 2.24) is 5.32 Å². The summed E-state index contributed by atoms with van der Waals surface area (Å²) in [5.41, 5.74) is 5.73. The molecule has 1 aliphatic rings. The smallest absolute Gasteiger partial charge is 0.188 e. The van der Waals surface area contributed by atoms with Gasteiger partial charge in [-0.2, -0.15) is 0 Å². The summed E-state index contributed by atoms with van der Waals surface area (Å²) in [7, 11) is 0. The molecule has 16 heavy (non-hydrogen) atoms. The average molecular weight is 225 g/mol. The van der Waals surface area contributed by atoms with Crippen LogP contribution in [-0.4, -0.2) is 18.5 Å². The minimum Gasteiger partial charge on any atom is -0.370 e. The molecule has 1 rings (SSSR count). The van der Waals surface area contributed by atoms with Gasteiger partial charge in [-0.1, -0.05) is 32.1 Å². The van der Waals surface area contributed by atoms with Gasteiger partial charge in [0.25, 0.3) is 0 Å². The molecule has 0 aromatic heterocycles. The van der Waals surface area contributed by atoms with Gasteiger partial charge in [0.05, 0.1) is 0 Å². The lowest BCUT2D eigenvalue weighted by Gasteiger charge is -2.23. The quantitative estimate of drug-likeness (QED) is 0.558. The molecule has 1 aliphatic carbocycles. The first-order chi connectivity index (χ1) is 7.72. The zero-order valence-corrected chi connectivity index (χ0v) is 10.8. The topological polar surface area (TPSA) is 50.4 Å². The van der Waals surface area contributed by atoms with Crippen molar-refractivity contribution >= 4 is 5.96 Å². The van der Waals surface area contributed by atoms with Crippen molar-refractivity contribution in [3.63, 3.8) is 0 Å². The Morgan fingerprint density at radius 3 is 2.69 bits per heavy atom. The van der Waals surface area contributed by atoms with Gasteiger partial charge in [0.1, 0.15) is 0 Å². The van der Waals surface area contributed by atoms with E-state index >= 15 is 0 Å². The third-order valence-corrected chi connectivity index (χ3v) is 3.46. The van der Waals surface area contributed by atoms with Crippen LogP contribution in [0.1, 0.15) is 58.8 Å². The molecule has 0 amide bonds. The van der Waals surface area contributed by atoms with Gasteiger partial charge >= 0.3 is 0 Å². The van der Waals surface area contributed by atoms with Crippen LogP contribution in [-0.2, 0) is 0 Å². The highest BCUT2D eigenvalue weighted by Crippen LogP contribution is 2.27. The first kappa shape index (κ1) is 13.3. The van der Waals surface area contributed by atoms with Gasteiger partial charge in [0, 0.05) is 12.6 Å². The van der Waals surface area contributed by atoms with Gasteiger partial charge in [-0.3, -0.25) is 4.99 Å². The van der Waals surface area contributed by atoms with Crippen LogP contribution in [0.5, 0.6) is 0 Å². The number of guanidine groups is 1. The van der Waals surface area contributed by atoms with Gasteiger partial charge < -0.3 is 11.1 Å². The maximum Gasteiger partial charge on any atom is 0.188 e. The lowest BCUT2D eigenvalue weighted by atomic mass is 9.85. The van der Waals surface area contributed by atoms with Crippen molar-refractivity contribution in [2.75, 3.05) is 6.54 Å². The fraction of sp³-hybridized carbons (Fsp3) is 0.923. The van der Waals surface area contributed by atoms with Crippen LogP contribution >= 0.6 is 0 Å². The fourth-order valence-corrected chi connectivity index (χ4v) is 2.50. The molecule has 0 radical (unpaired) electrons. The number of hydrogen-bond donors (Lipinski definition) is 2. The third-order valence-electron chi connectivity index (χ3n) is 3.46. The van der Waals surface area contributed by atoms with E-state index in [2.05, 4.69) is 17.2 Å². The number of hydrogen-bond acceptors (Lipinski definition) is 1. The zero-order valence-electron chi connectivity index (χ0n) is 10.8. The predicted molar refractivity (Wildman–Crippen MR) is 70.6 cm³/mol. The van der Waals surface area contributed by atoms with E-state index in [1.54, 1.807) is 0 Å². The molecule has 3 nitrogen and oxygen atoms in total. The maximum absolute atomic E-state index is 5.73. The van der Waals surface area contributed by atoms with Crippen molar-refractivity contribution in [2.24, 2.45) is 16.6 Å². The molecule has 0 aromatic carbocycles. The van der Waals surface area contributed by atoms with Crippen molar-refractivity contribution in [2.45, 2.75) is 64.8 Å². The van der Waals surface area contributed by atoms with Crippen LogP contribution in [0.15, 0.2) is 4.99 Å². The average Bonchev–Trinajstić information content (AvgIpc) is 2.28. The molecule has 0 spiro atoms. The Morgan fingerprint density at radius 2 is 2.06 bits per heavy atom. The molecule has 0 heterocycles. The molecule has 1 atom stereocenters. The van der Waals surface area contributed by atoms with Gasteiger partial charge in [-0.05, 0) is 32.6 Å². The highest BCUT2D eigenvalue weighted by Gasteiger charge is 2.14. The Balaban J connectivity index is 2.13. The van der Waals surface area contributed by atoms with Gasteiger partial charge in [-0.15, -0.1) is 0 Å². The molecular weight excluding hydrogens is 198 g/mol. The van der Waals surface area contributed by atoms with E-state index in [4.69, 9.17) is 5.73 Å². The van der Waals surface area contributed by atoms with Crippen LogP contribution in [0.2, 0.25) is 0 Å². The largest absolute Gasteiger partial charge is 0.370 e. The lowest BCUT2D eigenvalue weighted by Crippen LogP contribution is -2.38. The summed E-state index contributed by atoms with van der Waals surface area (Å²) >= 11 is 0. The molecule has 3 N–H and O–H groups in total. The summed E-state index contributed by atoms with van der Waals surface area (Å²) in [6.45, 7) is 4.95. The van der Waals surface area contributed by atoms with Gasteiger partial charge in [0.15, 0.2) is 5.96 Å². The second-order valence-corrected chi connectivity index (χ2v) is 4.99. The molecule has 1 saturated carbocycles. The van der Waals surface area contributed by atoms with Crippen LogP contribution in [0.4, 0.5) is 0 Å². The minimum atomic E-state index is 0.456. The minimum absolute atomic E-state index is 0.456. The molecule has 0 aliphatic heterocycles. The molecule has 3 heteroatoms. The van der Waals surface area contributed by atoms with E-state index in [0.717, 1.165) is 12.5 Å². The lowest BCUT2D eigenvalue weighted by molar-refractivity contribution is 0.322. The standard InChI is InChI=1S/C13H27N3/c1-3-15-13(14)16-11(2)9-10-12-7-5-4-6-8-12/h11-12H,3-10H2,1-2H3,(H3,14,15,16). The normalized spacial score (nSPS) is 20.8. The highest BCUT2D eigenvalue weighted by atomic mass is 15.1. The Morgan fingerprint density at radius 1 is 1.38 bits per heavy atom. The Bertz CT molecular complexity index is 207. The van der Waals surface area contributed by atoms with E-state index < -0.39 is 0 Å². The van der Waals surface area contributed by atoms with Crippen molar-refractivity contribution < 1.29 is 0 Å². The fourth-order valence-electron chi connectivity index (χ4n) is 2.50. The van der Waals surface area contributed by atoms with E-state index in [1.807, 2.05) is 6.92 Å². The summed E-state index contributed by atoms with van der Waals surface area (Å²) in [5.74, 6) is 1.56. The van der Waals surface area contributed by atoms with E-state index in [1.165, 1.54) is 44.9 Å². The number of nitrogens with one attached hydrogen (secondary N) is 1. The summed E-state index contributed by atoms with van der Waals surface area (Å²) in [5, 5.41) is 3.25. The van der Waals surface area contributed by atoms with Crippen molar-refractivity contribution in [3.8, 4) is 0 Å². The number of nitrogens with zero attached hydrogens (tertiary/aromatic N) is 1. The predicted octanol–water partition coefficient (Wildman–Crippen LogP) is 2.66. The third kappa shape index (κ3) is 5.38. The SMILES string of the molecule is CCN=C(N)NC(C)CCC1CCCCC1. The summed E-state index contributed by atoms with van der Waals surface area (Å²) in [6, 6.07) is 0.456. The number of rotatable bonds is 5. The first-order valence-electron chi connectivity index (χ1n) is 6.78. The highest BCUT2D eigenvalue weighted by molar-refractivity contribution is 5.78. The first-order valence-corrected chi connectivity index (χ1v) is 6.78. The maximum atomic E-state index is 5.73. The van der Waals surface area contributed by atoms with E-state index in [-0.39, 0.29) is 0 Å². The summed E-state index contributed by atoms with van der Waals surface area (Å²) in [4.78, 5) is 4.14. The van der Waals surface area contributed by atoms with E-state index in [9.17, 15) is 0 Å². The second-order valence-electron chi connectivity index (χ2n) is 4.99. The van der Waals surface area contributed by atoms with Crippen LogP contribution in [0, 0.1) is 5.92 Å². The molecule has 0 saturated heterocycles. The van der Waals surface area contributed by atoms with Crippen LogP contribution in [0.3, 0.4) is 0 Å². The molecule has 0 bridgehead atoms. The Hall–Kier alpha value is -0.730. The Labute approximate surface area is 99.9 Å². The molecule has 0 aromatic rings. The summed E-state index contributed by atoms with van der Waals surface area (Å²) < 4.78 is 0. The van der Waals surface area contributed by atoms with Crippen molar-refractivity contribution in [3.05, 3.63) is 0 Å². The number of aliphatic imine (C=N–C) groups is 1. The van der Waals surface area contributed by atoms with E-state index in [0.29, 0.717) is 12.0 Å². The number of nitrogens with two attached hydrogens (primary N) is 1. The molecule has 1 unspecified atom stereocenters. The second kappa shape index (κ2) is 7.53. The summed E-state index contributed by atoms with van der Waals surface area (Å²) in [6.07, 6.45) is 9.74. The van der Waals surface area contributed by atoms with Crippen LogP contribution in [0.25, 0.3) is 0 Å². The monoisotopic (exact) mass is 225 g/mol. The Kier molecular flexibility index (Phi) is 6.27.